The maximum Gasteiger partial charge on any atom is 0.313 e. The van der Waals surface area contributed by atoms with Crippen LogP contribution in [0.15, 0.2) is 97.1 Å². The van der Waals surface area contributed by atoms with Gasteiger partial charge < -0.3 is 19.7 Å². The van der Waals surface area contributed by atoms with E-state index in [2.05, 4.69) is 0 Å². The second-order valence-electron chi connectivity index (χ2n) is 11.2. The molecule has 4 atom stereocenters. The molecule has 0 aliphatic heterocycles. The zero-order chi connectivity index (χ0) is 33.6. The van der Waals surface area contributed by atoms with Crippen molar-refractivity contribution in [1.29, 1.82) is 0 Å². The fourth-order valence-electron chi connectivity index (χ4n) is 4.57. The average molecular weight is 633 g/mol. The predicted octanol–water partition coefficient (Wildman–Crippen LogP) is 7.82. The first kappa shape index (κ1) is 36.1. The van der Waals surface area contributed by atoms with Crippen molar-refractivity contribution in [3.63, 3.8) is 0 Å². The Balaban J connectivity index is 0.000000250. The van der Waals surface area contributed by atoms with E-state index in [1.807, 2.05) is 60.7 Å². The van der Waals surface area contributed by atoms with Gasteiger partial charge in [0, 0.05) is 30.6 Å². The minimum Gasteiger partial charge on any atom is -0.465 e. The van der Waals surface area contributed by atoms with E-state index in [9.17, 15) is 18.4 Å². The van der Waals surface area contributed by atoms with E-state index in [1.54, 1.807) is 52.0 Å². The van der Waals surface area contributed by atoms with Crippen LogP contribution in [0.3, 0.4) is 0 Å². The molecule has 0 aromatic heterocycles. The second kappa shape index (κ2) is 17.9. The third-order valence-electron chi connectivity index (χ3n) is 7.50. The van der Waals surface area contributed by atoms with Gasteiger partial charge in [-0.15, -0.1) is 0 Å². The Morgan fingerprint density at radius 1 is 0.674 bits per heavy atom. The first-order valence-electron chi connectivity index (χ1n) is 15.4. The quantitative estimate of drug-likeness (QED) is 0.155. The standard InChI is InChI=1S/2C19H21FO3/c1-13(21)10-11-23-19(22)14(2)16-8-9-17(18(20)12-16)15-6-4-3-5-7-15;1-13(10-11-21)23-19(22)14(2)16-8-9-17(18(20)12-16)15-6-4-3-5-7-15/h2*3-9,12-14,21H,10-11H2,1-2H3. The molecule has 46 heavy (non-hydrogen) atoms. The van der Waals surface area contributed by atoms with E-state index < -0.39 is 29.9 Å². The van der Waals surface area contributed by atoms with Crippen LogP contribution in [0.4, 0.5) is 8.78 Å². The lowest BCUT2D eigenvalue weighted by Gasteiger charge is -2.17. The summed E-state index contributed by atoms with van der Waals surface area (Å²) < 4.78 is 39.0. The lowest BCUT2D eigenvalue weighted by molar-refractivity contribution is -0.150. The Morgan fingerprint density at radius 2 is 1.13 bits per heavy atom. The average Bonchev–Trinajstić information content (AvgIpc) is 3.05. The van der Waals surface area contributed by atoms with E-state index in [-0.39, 0.29) is 31.0 Å². The van der Waals surface area contributed by atoms with Gasteiger partial charge in [-0.05, 0) is 62.1 Å². The van der Waals surface area contributed by atoms with E-state index in [0.29, 0.717) is 35.1 Å². The number of hydrogen-bond acceptors (Lipinski definition) is 6. The fourth-order valence-corrected chi connectivity index (χ4v) is 4.57. The molecule has 0 aliphatic carbocycles. The molecule has 4 aromatic carbocycles. The smallest absolute Gasteiger partial charge is 0.313 e. The first-order chi connectivity index (χ1) is 22.0. The number of carbonyl (C=O) groups is 2. The topological polar surface area (TPSA) is 93.1 Å². The summed E-state index contributed by atoms with van der Waals surface area (Å²) in [5.41, 5.74) is 3.74. The minimum absolute atomic E-state index is 0.0385. The Hall–Kier alpha value is -4.40. The van der Waals surface area contributed by atoms with Gasteiger partial charge in [-0.1, -0.05) is 84.9 Å². The van der Waals surface area contributed by atoms with Crippen molar-refractivity contribution in [3.8, 4) is 22.3 Å². The number of aliphatic hydroxyl groups excluding tert-OH is 2. The molecule has 0 fully saturated rings. The summed E-state index contributed by atoms with van der Waals surface area (Å²) in [5, 5.41) is 18.0. The molecule has 0 spiro atoms. The summed E-state index contributed by atoms with van der Waals surface area (Å²) in [4.78, 5) is 24.0. The highest BCUT2D eigenvalue weighted by Gasteiger charge is 2.21. The summed E-state index contributed by atoms with van der Waals surface area (Å²) in [7, 11) is 0. The van der Waals surface area contributed by atoms with Gasteiger partial charge in [0.25, 0.3) is 0 Å². The molecule has 0 bridgehead atoms. The lowest BCUT2D eigenvalue weighted by Crippen LogP contribution is -2.20. The highest BCUT2D eigenvalue weighted by Crippen LogP contribution is 2.28. The van der Waals surface area contributed by atoms with Gasteiger partial charge in [0.1, 0.15) is 17.7 Å². The molecule has 0 radical (unpaired) electrons. The predicted molar refractivity (Wildman–Crippen MR) is 175 cm³/mol. The van der Waals surface area contributed by atoms with Gasteiger partial charge in [0.15, 0.2) is 0 Å². The van der Waals surface area contributed by atoms with Gasteiger partial charge >= 0.3 is 11.9 Å². The number of hydrogen-bond donors (Lipinski definition) is 2. The van der Waals surface area contributed by atoms with Crippen LogP contribution in [0.25, 0.3) is 22.3 Å². The van der Waals surface area contributed by atoms with Crippen molar-refractivity contribution < 1.29 is 38.1 Å². The zero-order valence-corrected chi connectivity index (χ0v) is 26.7. The van der Waals surface area contributed by atoms with Crippen LogP contribution in [0.2, 0.25) is 0 Å². The number of ether oxygens (including phenoxy) is 2. The molecule has 0 aliphatic rings. The minimum atomic E-state index is -0.560. The van der Waals surface area contributed by atoms with Crippen molar-refractivity contribution >= 4 is 11.9 Å². The zero-order valence-electron chi connectivity index (χ0n) is 26.7. The Labute approximate surface area is 269 Å². The lowest BCUT2D eigenvalue weighted by atomic mass is 9.97. The summed E-state index contributed by atoms with van der Waals surface area (Å²) in [5.74, 6) is -2.68. The molecular weight excluding hydrogens is 590 g/mol. The van der Waals surface area contributed by atoms with Gasteiger partial charge in [0.2, 0.25) is 0 Å². The van der Waals surface area contributed by atoms with E-state index in [1.165, 1.54) is 12.1 Å². The van der Waals surface area contributed by atoms with Gasteiger partial charge in [-0.3, -0.25) is 9.59 Å². The molecule has 8 heteroatoms. The maximum absolute atomic E-state index is 14.4. The van der Waals surface area contributed by atoms with Crippen LogP contribution >= 0.6 is 0 Å². The van der Waals surface area contributed by atoms with Gasteiger partial charge in [0.05, 0.1) is 24.5 Å². The van der Waals surface area contributed by atoms with E-state index in [0.717, 1.165) is 11.1 Å². The van der Waals surface area contributed by atoms with Crippen LogP contribution in [0.5, 0.6) is 0 Å². The molecule has 0 heterocycles. The van der Waals surface area contributed by atoms with Crippen LogP contribution in [-0.4, -0.2) is 47.6 Å². The number of carbonyl (C=O) groups excluding carboxylic acids is 2. The summed E-state index contributed by atoms with van der Waals surface area (Å²) in [6, 6.07) is 28.1. The highest BCUT2D eigenvalue weighted by molar-refractivity contribution is 5.79. The molecule has 4 aromatic rings. The summed E-state index contributed by atoms with van der Waals surface area (Å²) in [6.45, 7) is 6.84. The maximum atomic E-state index is 14.4. The second-order valence-corrected chi connectivity index (χ2v) is 11.2. The molecule has 0 amide bonds. The number of aliphatic hydroxyl groups is 2. The third-order valence-corrected chi connectivity index (χ3v) is 7.50. The molecule has 6 nitrogen and oxygen atoms in total. The van der Waals surface area contributed by atoms with Crippen molar-refractivity contribution in [2.75, 3.05) is 13.2 Å². The molecule has 0 saturated heterocycles. The molecular formula is C38H42F2O6. The van der Waals surface area contributed by atoms with Crippen molar-refractivity contribution in [2.45, 2.75) is 64.6 Å². The molecule has 2 N–H and O–H groups in total. The summed E-state index contributed by atoms with van der Waals surface area (Å²) >= 11 is 0. The monoisotopic (exact) mass is 632 g/mol. The Bertz CT molecular complexity index is 1540. The molecule has 244 valence electrons. The fraction of sp³-hybridized carbons (Fsp3) is 0.316. The largest absolute Gasteiger partial charge is 0.465 e. The molecule has 4 rings (SSSR count). The summed E-state index contributed by atoms with van der Waals surface area (Å²) in [6.07, 6.45) is -0.0939. The van der Waals surface area contributed by atoms with E-state index in [4.69, 9.17) is 19.7 Å². The number of halogens is 2. The number of rotatable bonds is 12. The van der Waals surface area contributed by atoms with Crippen LogP contribution < -0.4 is 0 Å². The number of benzene rings is 4. The Kier molecular flexibility index (Phi) is 14.1. The van der Waals surface area contributed by atoms with Crippen molar-refractivity contribution in [1.82, 2.24) is 0 Å². The number of esters is 2. The van der Waals surface area contributed by atoms with E-state index >= 15 is 0 Å². The SMILES string of the molecule is CC(CCO)OC(=O)C(C)c1ccc(-c2ccccc2)c(F)c1.CC(O)CCOC(=O)C(C)c1ccc(-c2ccccc2)c(F)c1. The Morgan fingerprint density at radius 3 is 1.54 bits per heavy atom. The third kappa shape index (κ3) is 10.6. The van der Waals surface area contributed by atoms with Crippen LogP contribution in [0, 0.1) is 11.6 Å². The van der Waals surface area contributed by atoms with Gasteiger partial charge in [-0.25, -0.2) is 8.78 Å². The first-order valence-corrected chi connectivity index (χ1v) is 15.4. The normalized spacial score (nSPS) is 13.4. The van der Waals surface area contributed by atoms with Crippen LogP contribution in [0.1, 0.15) is 63.5 Å². The molecule has 0 saturated carbocycles. The molecule has 4 unspecified atom stereocenters. The van der Waals surface area contributed by atoms with Crippen molar-refractivity contribution in [3.05, 3.63) is 120 Å². The van der Waals surface area contributed by atoms with Crippen LogP contribution in [-0.2, 0) is 19.1 Å². The highest BCUT2D eigenvalue weighted by atomic mass is 19.1. The van der Waals surface area contributed by atoms with Gasteiger partial charge in [-0.2, -0.15) is 0 Å². The van der Waals surface area contributed by atoms with Crippen molar-refractivity contribution in [2.24, 2.45) is 0 Å².